The third-order valence-corrected chi connectivity index (χ3v) is 4.17. The number of anilines is 1. The van der Waals surface area contributed by atoms with E-state index >= 15 is 0 Å². The van der Waals surface area contributed by atoms with Crippen LogP contribution in [0.3, 0.4) is 0 Å². The number of ether oxygens (including phenoxy) is 1. The second-order valence-electron chi connectivity index (χ2n) is 6.21. The molecule has 3 aromatic heterocycles. The summed E-state index contributed by atoms with van der Waals surface area (Å²) in [6.45, 7) is 4.59. The Bertz CT molecular complexity index is 1180. The topological polar surface area (TPSA) is 124 Å². The van der Waals surface area contributed by atoms with Gasteiger partial charge in [-0.05, 0) is 18.2 Å². The maximum Gasteiger partial charge on any atom is 0.247 e. The molecule has 0 aliphatic rings. The molecule has 0 unspecified atom stereocenters. The molecule has 29 heavy (non-hydrogen) atoms. The third-order valence-electron chi connectivity index (χ3n) is 4.17. The van der Waals surface area contributed by atoms with Gasteiger partial charge in [-0.15, -0.1) is 0 Å². The number of amides is 1. The van der Waals surface area contributed by atoms with Crippen molar-refractivity contribution in [1.82, 2.24) is 24.7 Å². The Morgan fingerprint density at radius 1 is 1.38 bits per heavy atom. The first kappa shape index (κ1) is 18.4. The number of H-pyrrole nitrogens is 1. The predicted octanol–water partition coefficient (Wildman–Crippen LogP) is 2.70. The number of carbonyl (C=O) groups excluding carboxylic acids is 1. The van der Waals surface area contributed by atoms with Crippen molar-refractivity contribution in [3.8, 4) is 22.8 Å². The van der Waals surface area contributed by atoms with Gasteiger partial charge in [0.2, 0.25) is 11.8 Å². The minimum Gasteiger partial charge on any atom is -0.437 e. The molecule has 0 spiro atoms. The summed E-state index contributed by atoms with van der Waals surface area (Å²) in [7, 11) is 0. The summed E-state index contributed by atoms with van der Waals surface area (Å²) in [6, 6.07) is 6.99. The highest BCUT2D eigenvalue weighted by Gasteiger charge is 2.12. The summed E-state index contributed by atoms with van der Waals surface area (Å²) in [5.74, 6) is 0.559. The summed E-state index contributed by atoms with van der Waals surface area (Å²) >= 11 is 0. The molecule has 9 heteroatoms. The summed E-state index contributed by atoms with van der Waals surface area (Å²) < 4.78 is 7.63. The Morgan fingerprint density at radius 2 is 2.28 bits per heavy atom. The van der Waals surface area contributed by atoms with Gasteiger partial charge in [-0.3, -0.25) is 9.48 Å². The fourth-order valence-electron chi connectivity index (χ4n) is 2.85. The van der Waals surface area contributed by atoms with Crippen LogP contribution in [0.2, 0.25) is 0 Å². The van der Waals surface area contributed by atoms with Crippen molar-refractivity contribution in [2.45, 2.75) is 6.54 Å². The van der Waals surface area contributed by atoms with E-state index in [-0.39, 0.29) is 5.91 Å². The van der Waals surface area contributed by atoms with Gasteiger partial charge < -0.3 is 20.8 Å². The van der Waals surface area contributed by atoms with Crippen LogP contribution in [-0.2, 0) is 11.3 Å². The van der Waals surface area contributed by atoms with Crippen LogP contribution in [0.1, 0.15) is 0 Å². The largest absolute Gasteiger partial charge is 0.437 e. The monoisotopic (exact) mass is 389 g/mol. The van der Waals surface area contributed by atoms with Crippen LogP contribution in [-0.4, -0.2) is 37.2 Å². The molecule has 1 aromatic carbocycles. The lowest BCUT2D eigenvalue weighted by molar-refractivity contribution is -0.111. The van der Waals surface area contributed by atoms with Crippen molar-refractivity contribution >= 4 is 22.8 Å². The first-order valence-electron chi connectivity index (χ1n) is 8.94. The molecule has 0 radical (unpaired) electrons. The van der Waals surface area contributed by atoms with Gasteiger partial charge in [0.25, 0.3) is 0 Å². The molecule has 4 N–H and O–H groups in total. The Balaban J connectivity index is 1.61. The fourth-order valence-corrected chi connectivity index (χ4v) is 2.85. The zero-order valence-corrected chi connectivity index (χ0v) is 15.5. The quantitative estimate of drug-likeness (QED) is 0.418. The van der Waals surface area contributed by atoms with E-state index in [0.717, 1.165) is 11.1 Å². The van der Waals surface area contributed by atoms with E-state index in [0.29, 0.717) is 41.6 Å². The molecule has 146 valence electrons. The molecule has 4 rings (SSSR count). The third kappa shape index (κ3) is 3.99. The summed E-state index contributed by atoms with van der Waals surface area (Å²) in [5.41, 5.74) is 9.27. The van der Waals surface area contributed by atoms with Gasteiger partial charge in [-0.25, -0.2) is 9.97 Å². The standard InChI is InChI=1S/C20H19N7O2/c1-2-17(28)25-14-4-3-5-15(8-14)29-18-11-23-20-19(26-18)16(10-22-20)13-9-24-27(12-13)7-6-21/h2-5,8-12H,1,6-7,21H2,(H,22,23)(H,25,28). The minimum absolute atomic E-state index is 0.296. The van der Waals surface area contributed by atoms with Gasteiger partial charge in [0.15, 0.2) is 5.65 Å². The molecule has 1 amide bonds. The van der Waals surface area contributed by atoms with Crippen molar-refractivity contribution in [1.29, 1.82) is 0 Å². The second-order valence-corrected chi connectivity index (χ2v) is 6.21. The van der Waals surface area contributed by atoms with E-state index in [2.05, 4.69) is 31.9 Å². The lowest BCUT2D eigenvalue weighted by atomic mass is 10.2. The summed E-state index contributed by atoms with van der Waals surface area (Å²) in [4.78, 5) is 23.5. The summed E-state index contributed by atoms with van der Waals surface area (Å²) in [5, 5.41) is 6.99. The first-order valence-corrected chi connectivity index (χ1v) is 8.94. The van der Waals surface area contributed by atoms with Crippen molar-refractivity contribution in [2.75, 3.05) is 11.9 Å². The van der Waals surface area contributed by atoms with Crippen LogP contribution in [0, 0.1) is 0 Å². The average Bonchev–Trinajstić information content (AvgIpc) is 3.35. The number of aromatic nitrogens is 5. The van der Waals surface area contributed by atoms with E-state index in [1.807, 2.05) is 12.4 Å². The number of nitrogens with two attached hydrogens (primary N) is 1. The fraction of sp³-hybridized carbons (Fsp3) is 0.100. The second kappa shape index (κ2) is 7.95. The van der Waals surface area contributed by atoms with Crippen molar-refractivity contribution in [3.63, 3.8) is 0 Å². The molecule has 0 saturated heterocycles. The van der Waals surface area contributed by atoms with E-state index in [9.17, 15) is 4.79 Å². The number of rotatable bonds is 7. The number of carbonyl (C=O) groups is 1. The molecule has 0 bridgehead atoms. The number of hydrogen-bond donors (Lipinski definition) is 3. The Morgan fingerprint density at radius 3 is 3.10 bits per heavy atom. The number of benzene rings is 1. The molecular formula is C20H19N7O2. The molecule has 0 saturated carbocycles. The molecule has 0 fully saturated rings. The maximum absolute atomic E-state index is 11.5. The van der Waals surface area contributed by atoms with Gasteiger partial charge in [0.05, 0.1) is 18.9 Å². The zero-order valence-electron chi connectivity index (χ0n) is 15.5. The first-order chi connectivity index (χ1) is 14.2. The lowest BCUT2D eigenvalue weighted by Gasteiger charge is -2.07. The van der Waals surface area contributed by atoms with Crippen LogP contribution in [0.15, 0.2) is 61.7 Å². The van der Waals surface area contributed by atoms with Crippen molar-refractivity contribution in [3.05, 3.63) is 61.7 Å². The zero-order chi connectivity index (χ0) is 20.2. The van der Waals surface area contributed by atoms with Crippen LogP contribution in [0.5, 0.6) is 11.6 Å². The average molecular weight is 389 g/mol. The normalized spacial score (nSPS) is 10.8. The van der Waals surface area contributed by atoms with E-state index in [4.69, 9.17) is 10.5 Å². The smallest absolute Gasteiger partial charge is 0.247 e. The van der Waals surface area contributed by atoms with Gasteiger partial charge >= 0.3 is 0 Å². The van der Waals surface area contributed by atoms with Gasteiger partial charge in [-0.2, -0.15) is 5.10 Å². The molecular weight excluding hydrogens is 370 g/mol. The molecule has 0 aliphatic heterocycles. The Labute approximate surface area is 166 Å². The molecule has 0 atom stereocenters. The lowest BCUT2D eigenvalue weighted by Crippen LogP contribution is -2.09. The predicted molar refractivity (Wildman–Crippen MR) is 110 cm³/mol. The van der Waals surface area contributed by atoms with Gasteiger partial charge in [-0.1, -0.05) is 12.6 Å². The van der Waals surface area contributed by atoms with Crippen molar-refractivity contribution < 1.29 is 9.53 Å². The molecule has 3 heterocycles. The number of nitrogens with zero attached hydrogens (tertiary/aromatic N) is 4. The van der Waals surface area contributed by atoms with E-state index < -0.39 is 0 Å². The highest BCUT2D eigenvalue weighted by atomic mass is 16.5. The Kier molecular flexibility index (Phi) is 5.04. The highest BCUT2D eigenvalue weighted by Crippen LogP contribution is 2.29. The maximum atomic E-state index is 11.5. The Hall–Kier alpha value is -3.98. The van der Waals surface area contributed by atoms with Crippen LogP contribution in [0.25, 0.3) is 22.3 Å². The van der Waals surface area contributed by atoms with Gasteiger partial charge in [0.1, 0.15) is 11.3 Å². The highest BCUT2D eigenvalue weighted by molar-refractivity contribution is 5.99. The van der Waals surface area contributed by atoms with E-state index in [1.165, 1.54) is 12.3 Å². The number of fused-ring (bicyclic) bond motifs is 1. The molecule has 4 aromatic rings. The van der Waals surface area contributed by atoms with Crippen LogP contribution >= 0.6 is 0 Å². The number of hydrogen-bond acceptors (Lipinski definition) is 6. The van der Waals surface area contributed by atoms with Crippen molar-refractivity contribution in [2.24, 2.45) is 5.73 Å². The van der Waals surface area contributed by atoms with Crippen LogP contribution < -0.4 is 15.8 Å². The van der Waals surface area contributed by atoms with Crippen LogP contribution in [0.4, 0.5) is 5.69 Å². The van der Waals surface area contributed by atoms with E-state index in [1.54, 1.807) is 35.1 Å². The summed E-state index contributed by atoms with van der Waals surface area (Å²) in [6.07, 6.45) is 8.25. The van der Waals surface area contributed by atoms with Gasteiger partial charge in [0, 0.05) is 41.8 Å². The SMILES string of the molecule is C=CC(=O)Nc1cccc(Oc2cnc3[nH]cc(-c4cnn(CCN)c4)c3n2)c1. The number of aromatic amines is 1. The molecule has 0 aliphatic carbocycles. The minimum atomic E-state index is -0.296. The molecule has 9 nitrogen and oxygen atoms in total. The number of nitrogens with one attached hydrogen (secondary N) is 2.